The topological polar surface area (TPSA) is 74.5 Å². The number of aromatic nitrogens is 4. The second-order valence-corrected chi connectivity index (χ2v) is 6.06. The zero-order chi connectivity index (χ0) is 17.8. The van der Waals surface area contributed by atoms with Crippen LogP contribution in [0.25, 0.3) is 5.57 Å². The fourth-order valence-electron chi connectivity index (χ4n) is 3.07. The normalized spacial score (nSPS) is 17.2. The maximum absolute atomic E-state index is 12.9. The van der Waals surface area contributed by atoms with Crippen molar-refractivity contribution in [3.63, 3.8) is 0 Å². The molecule has 2 aromatic rings. The van der Waals surface area contributed by atoms with Crippen LogP contribution in [0.5, 0.6) is 0 Å². The van der Waals surface area contributed by atoms with Gasteiger partial charge in [0.1, 0.15) is 23.4 Å². The van der Waals surface area contributed by atoms with E-state index >= 15 is 0 Å². The number of carbonyl (C=O) groups excluding carboxylic acids is 1. The van der Waals surface area contributed by atoms with Gasteiger partial charge < -0.3 is 4.98 Å². The molecular formula is C19H24N5O+. The van der Waals surface area contributed by atoms with Crippen LogP contribution in [-0.4, -0.2) is 26.9 Å². The molecule has 3 heterocycles. The zero-order valence-electron chi connectivity index (χ0n) is 14.9. The van der Waals surface area contributed by atoms with Crippen molar-refractivity contribution in [2.45, 2.75) is 46.1 Å². The minimum atomic E-state index is -0.324. The number of allylic oxidation sites excluding steroid dienone is 4. The smallest absolute Gasteiger partial charge is 0.348 e. The van der Waals surface area contributed by atoms with E-state index in [0.29, 0.717) is 6.42 Å². The number of aromatic amines is 1. The number of nitrogens with zero attached hydrogens (tertiary/aromatic N) is 3. The molecule has 6 heteroatoms. The Balaban J connectivity index is 1.99. The fourth-order valence-corrected chi connectivity index (χ4v) is 3.07. The van der Waals surface area contributed by atoms with Crippen LogP contribution in [0.3, 0.4) is 0 Å². The molecule has 25 heavy (non-hydrogen) atoms. The molecule has 2 N–H and O–H groups in total. The third-order valence-corrected chi connectivity index (χ3v) is 4.26. The van der Waals surface area contributed by atoms with Crippen LogP contribution in [0.1, 0.15) is 49.2 Å². The standard InChI is InChI=1S/C19H23N5O/c1-4-7-13(6-3)16-12-24-18(14(22-16)8-5-2)23-15(19(24)25)11-17-20-9-10-21-17/h4,6-7,9-10,12,15H,5,8,11H2,1-3H3,(H,20,21)/p+1/b7-4?,13-6+. The Morgan fingerprint density at radius 2 is 2.24 bits per heavy atom. The first-order chi connectivity index (χ1) is 12.2. The molecule has 1 unspecified atom stereocenters. The number of nitrogens with one attached hydrogen (secondary N) is 2. The van der Waals surface area contributed by atoms with E-state index in [-0.39, 0.29) is 11.9 Å². The second-order valence-electron chi connectivity index (χ2n) is 6.06. The van der Waals surface area contributed by atoms with E-state index in [0.717, 1.165) is 41.4 Å². The fraction of sp³-hybridized carbons (Fsp3) is 0.368. The summed E-state index contributed by atoms with van der Waals surface area (Å²) in [6.07, 6.45) is 13.6. The highest BCUT2D eigenvalue weighted by Gasteiger charge is 2.41. The maximum Gasteiger partial charge on any atom is 0.359 e. The summed E-state index contributed by atoms with van der Waals surface area (Å²) in [5.74, 6) is 1.64. The van der Waals surface area contributed by atoms with Crippen LogP contribution in [-0.2, 0) is 12.8 Å². The molecule has 0 saturated heterocycles. The summed E-state index contributed by atoms with van der Waals surface area (Å²) in [7, 11) is 0. The lowest BCUT2D eigenvalue weighted by Gasteiger charge is -2.06. The van der Waals surface area contributed by atoms with E-state index in [1.807, 2.05) is 38.3 Å². The van der Waals surface area contributed by atoms with E-state index in [1.165, 1.54) is 0 Å². The van der Waals surface area contributed by atoms with Gasteiger partial charge in [-0.05, 0) is 25.8 Å². The van der Waals surface area contributed by atoms with Gasteiger partial charge in [0.25, 0.3) is 0 Å². The van der Waals surface area contributed by atoms with Crippen molar-refractivity contribution in [2.24, 2.45) is 0 Å². The van der Waals surface area contributed by atoms with Crippen molar-refractivity contribution in [3.8, 4) is 0 Å². The molecular weight excluding hydrogens is 314 g/mol. The summed E-state index contributed by atoms with van der Waals surface area (Å²) >= 11 is 0. The second kappa shape index (κ2) is 7.42. The molecule has 0 spiro atoms. The van der Waals surface area contributed by atoms with Crippen molar-refractivity contribution >= 4 is 17.3 Å². The predicted molar refractivity (Wildman–Crippen MR) is 97.2 cm³/mol. The van der Waals surface area contributed by atoms with Gasteiger partial charge >= 0.3 is 11.7 Å². The number of aryl methyl sites for hydroxylation is 1. The van der Waals surface area contributed by atoms with Gasteiger partial charge in [-0.2, -0.15) is 4.57 Å². The number of H-pyrrole nitrogens is 1. The van der Waals surface area contributed by atoms with Gasteiger partial charge in [-0.3, -0.25) is 5.32 Å². The monoisotopic (exact) mass is 338 g/mol. The van der Waals surface area contributed by atoms with Crippen LogP contribution in [0, 0.1) is 0 Å². The van der Waals surface area contributed by atoms with Gasteiger partial charge in [-0.15, -0.1) is 0 Å². The first-order valence-corrected chi connectivity index (χ1v) is 8.71. The highest BCUT2D eigenvalue weighted by Crippen LogP contribution is 2.22. The number of fused-ring (bicyclic) bond motifs is 1. The molecule has 0 radical (unpaired) electrons. The Morgan fingerprint density at radius 1 is 1.40 bits per heavy atom. The Bertz CT molecular complexity index is 821. The molecule has 130 valence electrons. The summed E-state index contributed by atoms with van der Waals surface area (Å²) in [6.45, 7) is 6.07. The van der Waals surface area contributed by atoms with Crippen LogP contribution >= 0.6 is 0 Å². The Labute approximate surface area is 147 Å². The van der Waals surface area contributed by atoms with Gasteiger partial charge in [-0.25, -0.2) is 14.8 Å². The lowest BCUT2D eigenvalue weighted by Crippen LogP contribution is -2.44. The van der Waals surface area contributed by atoms with E-state index in [1.54, 1.807) is 17.0 Å². The van der Waals surface area contributed by atoms with Crippen molar-refractivity contribution in [2.75, 3.05) is 5.32 Å². The molecule has 1 aliphatic rings. The van der Waals surface area contributed by atoms with Gasteiger partial charge in [0.2, 0.25) is 6.04 Å². The van der Waals surface area contributed by atoms with Crippen LogP contribution in [0.15, 0.2) is 36.8 Å². The lowest BCUT2D eigenvalue weighted by atomic mass is 10.1. The SMILES string of the molecule is CC=C/C(=C\C)c1c[n+]2c(c(CCC)n1)NC(Cc1ncc[nH]1)C2=O. The highest BCUT2D eigenvalue weighted by atomic mass is 16.2. The number of imidazole rings is 1. The number of rotatable bonds is 6. The minimum absolute atomic E-state index is 0.0309. The van der Waals surface area contributed by atoms with Crippen molar-refractivity contribution in [1.29, 1.82) is 0 Å². The van der Waals surface area contributed by atoms with Gasteiger partial charge in [0, 0.05) is 12.4 Å². The molecule has 0 bridgehead atoms. The van der Waals surface area contributed by atoms with Gasteiger partial charge in [0.05, 0.1) is 6.42 Å². The molecule has 0 aliphatic carbocycles. The molecule has 3 rings (SSSR count). The number of anilines is 1. The van der Waals surface area contributed by atoms with Crippen LogP contribution in [0.4, 0.5) is 5.82 Å². The molecule has 2 aromatic heterocycles. The zero-order valence-corrected chi connectivity index (χ0v) is 14.9. The van der Waals surface area contributed by atoms with Crippen molar-refractivity contribution in [3.05, 3.63) is 54.0 Å². The molecule has 0 aromatic carbocycles. The average Bonchev–Trinajstić information content (AvgIpc) is 3.23. The summed E-state index contributed by atoms with van der Waals surface area (Å²) < 4.78 is 1.72. The van der Waals surface area contributed by atoms with Crippen LogP contribution < -0.4 is 9.88 Å². The maximum atomic E-state index is 12.9. The lowest BCUT2D eigenvalue weighted by molar-refractivity contribution is -0.553. The summed E-state index contributed by atoms with van der Waals surface area (Å²) in [5.41, 5.74) is 2.76. The summed E-state index contributed by atoms with van der Waals surface area (Å²) in [4.78, 5) is 25.0. The third-order valence-electron chi connectivity index (χ3n) is 4.26. The molecule has 0 fully saturated rings. The van der Waals surface area contributed by atoms with Crippen molar-refractivity contribution < 1.29 is 9.36 Å². The predicted octanol–water partition coefficient (Wildman–Crippen LogP) is 2.70. The van der Waals surface area contributed by atoms with E-state index in [2.05, 4.69) is 22.2 Å². The summed E-state index contributed by atoms with van der Waals surface area (Å²) in [6, 6.07) is -0.324. The molecule has 0 amide bonds. The quantitative estimate of drug-likeness (QED) is 0.627. The minimum Gasteiger partial charge on any atom is -0.348 e. The van der Waals surface area contributed by atoms with Crippen LogP contribution in [0.2, 0.25) is 0 Å². The Morgan fingerprint density at radius 3 is 2.88 bits per heavy atom. The molecule has 1 atom stereocenters. The van der Waals surface area contributed by atoms with Crippen molar-refractivity contribution in [1.82, 2.24) is 15.0 Å². The van der Waals surface area contributed by atoms with E-state index < -0.39 is 0 Å². The van der Waals surface area contributed by atoms with Gasteiger partial charge in [-0.1, -0.05) is 31.6 Å². The van der Waals surface area contributed by atoms with Gasteiger partial charge in [0.15, 0.2) is 0 Å². The van der Waals surface area contributed by atoms with E-state index in [9.17, 15) is 4.79 Å². The molecule has 1 aliphatic heterocycles. The number of hydrogen-bond donors (Lipinski definition) is 2. The average molecular weight is 338 g/mol. The highest BCUT2D eigenvalue weighted by molar-refractivity contribution is 5.82. The largest absolute Gasteiger partial charge is 0.359 e. The number of carbonyl (C=O) groups is 1. The number of hydrogen-bond acceptors (Lipinski definition) is 4. The van der Waals surface area contributed by atoms with E-state index in [4.69, 9.17) is 4.98 Å². The Kier molecular flexibility index (Phi) is 5.07. The molecule has 0 saturated carbocycles. The Hall–Kier alpha value is -2.76. The first-order valence-electron chi connectivity index (χ1n) is 8.71. The first kappa shape index (κ1) is 17.1. The molecule has 6 nitrogen and oxygen atoms in total. The third kappa shape index (κ3) is 3.38. The summed E-state index contributed by atoms with van der Waals surface area (Å²) in [5, 5.41) is 3.35.